The normalized spacial score (nSPS) is 15.4. The number of hydrogen-bond donors (Lipinski definition) is 0. The molecule has 31 heavy (non-hydrogen) atoms. The minimum absolute atomic E-state index is 0.108. The van der Waals surface area contributed by atoms with Gasteiger partial charge in [0.2, 0.25) is 0 Å². The van der Waals surface area contributed by atoms with E-state index in [9.17, 15) is 8.42 Å². The third-order valence-corrected chi connectivity index (χ3v) is 9.79. The van der Waals surface area contributed by atoms with Crippen molar-refractivity contribution in [3.05, 3.63) is 73.1 Å². The van der Waals surface area contributed by atoms with Crippen LogP contribution in [-0.2, 0) is 16.3 Å². The molecular weight excluding hydrogens is 518 g/mol. The zero-order chi connectivity index (χ0) is 22.2. The Labute approximate surface area is 205 Å². The molecule has 4 rings (SSSR count). The molecule has 1 aliphatic heterocycles. The summed E-state index contributed by atoms with van der Waals surface area (Å²) in [4.78, 5) is 6.96. The standard InChI is InChI=1S/C21H18Cl4N2O2S2/c22-14-2-1-13(19(25)10-14)9-16-12-30-21(26-16)27-7-5-17(6-8-27)31(28,29)20-11-15(23)3-4-18(20)24/h1-4,10-12,17H,5-9H2. The number of sulfone groups is 1. The van der Waals surface area contributed by atoms with Gasteiger partial charge in [-0.05, 0) is 48.7 Å². The summed E-state index contributed by atoms with van der Waals surface area (Å²) >= 11 is 25.9. The lowest BCUT2D eigenvalue weighted by atomic mass is 10.1. The Kier molecular flexibility index (Phi) is 7.06. The molecule has 10 heteroatoms. The molecule has 0 bridgehead atoms. The fraction of sp³-hybridized carbons (Fsp3) is 0.286. The van der Waals surface area contributed by atoms with Gasteiger partial charge >= 0.3 is 0 Å². The van der Waals surface area contributed by atoms with Gasteiger partial charge in [-0.3, -0.25) is 0 Å². The molecule has 0 N–H and O–H groups in total. The third kappa shape index (κ3) is 5.15. The van der Waals surface area contributed by atoms with Crippen LogP contribution in [0.15, 0.2) is 46.7 Å². The molecule has 1 aromatic heterocycles. The van der Waals surface area contributed by atoms with Crippen LogP contribution in [-0.4, -0.2) is 31.7 Å². The van der Waals surface area contributed by atoms with Crippen LogP contribution in [0.1, 0.15) is 24.1 Å². The van der Waals surface area contributed by atoms with Crippen LogP contribution in [0.25, 0.3) is 0 Å². The Morgan fingerprint density at radius 1 is 0.968 bits per heavy atom. The number of piperidine rings is 1. The number of anilines is 1. The summed E-state index contributed by atoms with van der Waals surface area (Å²) in [6, 6.07) is 9.98. The second kappa shape index (κ2) is 9.46. The minimum Gasteiger partial charge on any atom is -0.348 e. The molecule has 1 aliphatic rings. The zero-order valence-corrected chi connectivity index (χ0v) is 20.9. The van der Waals surface area contributed by atoms with Crippen molar-refractivity contribution >= 4 is 72.7 Å². The Balaban J connectivity index is 1.43. The molecule has 164 valence electrons. The van der Waals surface area contributed by atoms with Gasteiger partial charge < -0.3 is 4.90 Å². The summed E-state index contributed by atoms with van der Waals surface area (Å²) in [6.45, 7) is 1.22. The first-order chi connectivity index (χ1) is 14.7. The highest BCUT2D eigenvalue weighted by atomic mass is 35.5. The highest BCUT2D eigenvalue weighted by Gasteiger charge is 2.33. The topological polar surface area (TPSA) is 50.3 Å². The molecule has 0 unspecified atom stereocenters. The second-order valence-electron chi connectivity index (χ2n) is 7.34. The lowest BCUT2D eigenvalue weighted by Gasteiger charge is -2.31. The van der Waals surface area contributed by atoms with Gasteiger partial charge in [0.1, 0.15) is 0 Å². The van der Waals surface area contributed by atoms with Crippen molar-refractivity contribution in [1.82, 2.24) is 4.98 Å². The quantitative estimate of drug-likeness (QED) is 0.361. The van der Waals surface area contributed by atoms with Gasteiger partial charge in [-0.25, -0.2) is 13.4 Å². The Morgan fingerprint density at radius 3 is 2.35 bits per heavy atom. The second-order valence-corrected chi connectivity index (χ2v) is 12.1. The summed E-state index contributed by atoms with van der Waals surface area (Å²) < 4.78 is 26.1. The third-order valence-electron chi connectivity index (χ3n) is 5.28. The Hall–Kier alpha value is -1.02. The highest BCUT2D eigenvalue weighted by molar-refractivity contribution is 7.92. The number of benzene rings is 2. The van der Waals surface area contributed by atoms with Crippen LogP contribution in [0.2, 0.25) is 20.1 Å². The van der Waals surface area contributed by atoms with E-state index >= 15 is 0 Å². The maximum atomic E-state index is 13.1. The summed E-state index contributed by atoms with van der Waals surface area (Å²) in [6.07, 6.45) is 1.62. The van der Waals surface area contributed by atoms with E-state index in [1.807, 2.05) is 17.5 Å². The summed E-state index contributed by atoms with van der Waals surface area (Å²) in [7, 11) is -3.55. The first kappa shape index (κ1) is 23.1. The number of hydrogen-bond acceptors (Lipinski definition) is 5. The minimum atomic E-state index is -3.55. The van der Waals surface area contributed by atoms with Crippen molar-refractivity contribution in [2.45, 2.75) is 29.4 Å². The smallest absolute Gasteiger partial charge is 0.185 e. The molecule has 2 aromatic carbocycles. The average molecular weight is 536 g/mol. The monoisotopic (exact) mass is 534 g/mol. The number of nitrogens with zero attached hydrogens (tertiary/aromatic N) is 2. The van der Waals surface area contributed by atoms with Crippen molar-refractivity contribution in [2.75, 3.05) is 18.0 Å². The molecule has 3 aromatic rings. The van der Waals surface area contributed by atoms with E-state index in [4.69, 9.17) is 51.4 Å². The molecule has 2 heterocycles. The van der Waals surface area contributed by atoms with E-state index in [1.165, 1.54) is 12.1 Å². The predicted molar refractivity (Wildman–Crippen MR) is 130 cm³/mol. The largest absolute Gasteiger partial charge is 0.348 e. The number of halogens is 4. The predicted octanol–water partition coefficient (Wildman–Crippen LogP) is 6.79. The van der Waals surface area contributed by atoms with Crippen LogP contribution >= 0.6 is 57.7 Å². The van der Waals surface area contributed by atoms with Crippen molar-refractivity contribution in [1.29, 1.82) is 0 Å². The molecule has 4 nitrogen and oxygen atoms in total. The van der Waals surface area contributed by atoms with Crippen LogP contribution in [0.4, 0.5) is 5.13 Å². The summed E-state index contributed by atoms with van der Waals surface area (Å²) in [5, 5.41) is 4.18. The van der Waals surface area contributed by atoms with Gasteiger partial charge in [-0.1, -0.05) is 52.5 Å². The van der Waals surface area contributed by atoms with Crippen LogP contribution in [0, 0.1) is 0 Å². The average Bonchev–Trinajstić information content (AvgIpc) is 3.20. The van der Waals surface area contributed by atoms with Gasteiger partial charge in [0.05, 0.1) is 20.9 Å². The fourth-order valence-corrected chi connectivity index (χ4v) is 7.47. The van der Waals surface area contributed by atoms with E-state index in [2.05, 4.69) is 4.90 Å². The molecular formula is C21H18Cl4N2O2S2. The Morgan fingerprint density at radius 2 is 1.65 bits per heavy atom. The van der Waals surface area contributed by atoms with Crippen molar-refractivity contribution in [3.63, 3.8) is 0 Å². The lowest BCUT2D eigenvalue weighted by Crippen LogP contribution is -2.39. The molecule has 1 fully saturated rings. The molecule has 0 saturated carbocycles. The van der Waals surface area contributed by atoms with E-state index in [1.54, 1.807) is 23.5 Å². The first-order valence-corrected chi connectivity index (χ1v) is 13.5. The maximum absolute atomic E-state index is 13.1. The zero-order valence-electron chi connectivity index (χ0n) is 16.2. The Bertz CT molecular complexity index is 1210. The van der Waals surface area contributed by atoms with Gasteiger partial charge in [0.15, 0.2) is 15.0 Å². The van der Waals surface area contributed by atoms with Gasteiger partial charge in [-0.15, -0.1) is 11.3 Å². The van der Waals surface area contributed by atoms with Crippen LogP contribution in [0.5, 0.6) is 0 Å². The van der Waals surface area contributed by atoms with E-state index in [-0.39, 0.29) is 9.92 Å². The summed E-state index contributed by atoms with van der Waals surface area (Å²) in [5.74, 6) is 0. The van der Waals surface area contributed by atoms with Crippen LogP contribution in [0.3, 0.4) is 0 Å². The SMILES string of the molecule is O=S(=O)(c1cc(Cl)ccc1Cl)C1CCN(c2nc(Cc3ccc(Cl)cc3Cl)cs2)CC1. The van der Waals surface area contributed by atoms with E-state index in [0.29, 0.717) is 47.4 Å². The van der Waals surface area contributed by atoms with E-state index in [0.717, 1.165) is 16.4 Å². The van der Waals surface area contributed by atoms with Gasteiger partial charge in [-0.2, -0.15) is 0 Å². The molecule has 0 amide bonds. The van der Waals surface area contributed by atoms with E-state index < -0.39 is 15.1 Å². The lowest BCUT2D eigenvalue weighted by molar-refractivity contribution is 0.529. The van der Waals surface area contributed by atoms with Crippen molar-refractivity contribution in [2.24, 2.45) is 0 Å². The fourth-order valence-electron chi connectivity index (χ4n) is 3.62. The molecule has 0 spiro atoms. The van der Waals surface area contributed by atoms with Crippen LogP contribution < -0.4 is 4.90 Å². The number of aromatic nitrogens is 1. The maximum Gasteiger partial charge on any atom is 0.185 e. The number of rotatable bonds is 5. The summed E-state index contributed by atoms with van der Waals surface area (Å²) in [5.41, 5.74) is 1.88. The number of thiazole rings is 1. The van der Waals surface area contributed by atoms with Crippen molar-refractivity contribution < 1.29 is 8.42 Å². The molecule has 1 saturated heterocycles. The first-order valence-electron chi connectivity index (χ1n) is 9.56. The highest BCUT2D eigenvalue weighted by Crippen LogP contribution is 2.33. The van der Waals surface area contributed by atoms with Crippen molar-refractivity contribution in [3.8, 4) is 0 Å². The van der Waals surface area contributed by atoms with Gasteiger partial charge in [0.25, 0.3) is 0 Å². The van der Waals surface area contributed by atoms with Gasteiger partial charge in [0, 0.05) is 40.0 Å². The molecule has 0 atom stereocenters. The molecule has 0 radical (unpaired) electrons. The molecule has 0 aliphatic carbocycles.